The summed E-state index contributed by atoms with van der Waals surface area (Å²) in [4.78, 5) is 21.6. The molecule has 7 heteroatoms. The largest absolute Gasteiger partial charge is 0.368 e. The molecular formula is C12H13FN2O4. The van der Waals surface area contributed by atoms with Gasteiger partial charge in [-0.3, -0.25) is 14.9 Å². The van der Waals surface area contributed by atoms with Crippen LogP contribution in [0, 0.1) is 15.9 Å². The van der Waals surface area contributed by atoms with E-state index in [1.807, 2.05) is 0 Å². The van der Waals surface area contributed by atoms with Gasteiger partial charge in [0, 0.05) is 25.6 Å². The monoisotopic (exact) mass is 268 g/mol. The molecule has 0 spiro atoms. The van der Waals surface area contributed by atoms with Crippen LogP contribution in [0.1, 0.15) is 5.56 Å². The molecule has 0 bridgehead atoms. The first-order valence-electron chi connectivity index (χ1n) is 5.86. The number of carbonyl (C=O) groups excluding carboxylic acids is 1. The number of rotatable bonds is 4. The molecule has 19 heavy (non-hydrogen) atoms. The van der Waals surface area contributed by atoms with Gasteiger partial charge in [0.15, 0.2) is 5.78 Å². The summed E-state index contributed by atoms with van der Waals surface area (Å²) in [6.45, 7) is 1.61. The summed E-state index contributed by atoms with van der Waals surface area (Å²) in [6, 6.07) is 3.47. The highest BCUT2D eigenvalue weighted by molar-refractivity contribution is 5.85. The molecule has 1 N–H and O–H groups in total. The van der Waals surface area contributed by atoms with Crippen molar-refractivity contribution in [2.45, 2.75) is 12.5 Å². The summed E-state index contributed by atoms with van der Waals surface area (Å²) in [7, 11) is 0. The average molecular weight is 268 g/mol. The van der Waals surface area contributed by atoms with Gasteiger partial charge < -0.3 is 10.1 Å². The average Bonchev–Trinajstić information content (AvgIpc) is 2.39. The molecule has 0 aromatic heterocycles. The predicted molar refractivity (Wildman–Crippen MR) is 64.4 cm³/mol. The number of hydrogen-bond acceptors (Lipinski definition) is 5. The lowest BCUT2D eigenvalue weighted by Crippen LogP contribution is -2.43. The van der Waals surface area contributed by atoms with E-state index in [0.717, 1.165) is 12.1 Å². The zero-order valence-electron chi connectivity index (χ0n) is 10.1. The summed E-state index contributed by atoms with van der Waals surface area (Å²) in [5.74, 6) is -1.10. The Labute approximate surface area is 108 Å². The van der Waals surface area contributed by atoms with Gasteiger partial charge in [0.25, 0.3) is 0 Å². The highest BCUT2D eigenvalue weighted by Gasteiger charge is 2.22. The lowest BCUT2D eigenvalue weighted by atomic mass is 10.0. The quantitative estimate of drug-likeness (QED) is 0.646. The maximum absolute atomic E-state index is 13.4. The molecule has 102 valence electrons. The van der Waals surface area contributed by atoms with Crippen molar-refractivity contribution in [2.24, 2.45) is 0 Å². The second-order valence-electron chi connectivity index (χ2n) is 4.25. The Kier molecular flexibility index (Phi) is 4.18. The lowest BCUT2D eigenvalue weighted by Gasteiger charge is -2.22. The van der Waals surface area contributed by atoms with Gasteiger partial charge in [-0.1, -0.05) is 6.07 Å². The molecule has 1 fully saturated rings. The third kappa shape index (κ3) is 3.33. The third-order valence-electron chi connectivity index (χ3n) is 2.87. The van der Waals surface area contributed by atoms with Crippen LogP contribution in [-0.4, -0.2) is 36.5 Å². The fraction of sp³-hybridized carbons (Fsp3) is 0.417. The molecule has 0 radical (unpaired) electrons. The Morgan fingerprint density at radius 1 is 1.58 bits per heavy atom. The van der Waals surface area contributed by atoms with Gasteiger partial charge in [0.05, 0.1) is 11.5 Å². The molecule has 1 aliphatic heterocycles. The minimum atomic E-state index is -0.932. The van der Waals surface area contributed by atoms with Crippen molar-refractivity contribution in [1.82, 2.24) is 5.32 Å². The van der Waals surface area contributed by atoms with Crippen molar-refractivity contribution in [3.8, 4) is 0 Å². The number of nitro groups is 1. The summed E-state index contributed by atoms with van der Waals surface area (Å²) in [5, 5.41) is 13.5. The Bertz CT molecular complexity index is 501. The Hall–Kier alpha value is -1.86. The topological polar surface area (TPSA) is 81.5 Å². The minimum Gasteiger partial charge on any atom is -0.368 e. The molecule has 1 aliphatic rings. The van der Waals surface area contributed by atoms with Crippen molar-refractivity contribution in [3.63, 3.8) is 0 Å². The van der Waals surface area contributed by atoms with Crippen LogP contribution >= 0.6 is 0 Å². The summed E-state index contributed by atoms with van der Waals surface area (Å²) in [6.07, 6.45) is -0.534. The van der Waals surface area contributed by atoms with E-state index < -0.39 is 22.5 Å². The molecule has 1 aromatic rings. The van der Waals surface area contributed by atoms with Crippen molar-refractivity contribution < 1.29 is 18.8 Å². The van der Waals surface area contributed by atoms with Crippen LogP contribution in [0.2, 0.25) is 0 Å². The number of hydrogen-bond donors (Lipinski definition) is 1. The highest BCUT2D eigenvalue weighted by Crippen LogP contribution is 2.18. The van der Waals surface area contributed by atoms with Crippen LogP contribution in [0.25, 0.3) is 0 Å². The molecule has 1 heterocycles. The van der Waals surface area contributed by atoms with E-state index >= 15 is 0 Å². The number of ether oxygens (including phenoxy) is 1. The molecular weight excluding hydrogens is 255 g/mol. The van der Waals surface area contributed by atoms with E-state index in [-0.39, 0.29) is 12.2 Å². The van der Waals surface area contributed by atoms with E-state index in [4.69, 9.17) is 4.74 Å². The number of carbonyl (C=O) groups is 1. The van der Waals surface area contributed by atoms with Gasteiger partial charge >= 0.3 is 5.69 Å². The molecule has 0 amide bonds. The van der Waals surface area contributed by atoms with Crippen LogP contribution in [0.4, 0.5) is 10.1 Å². The summed E-state index contributed by atoms with van der Waals surface area (Å²) in [5.41, 5.74) is -0.186. The van der Waals surface area contributed by atoms with Crippen molar-refractivity contribution in [2.75, 3.05) is 19.7 Å². The maximum Gasteiger partial charge on any atom is 0.304 e. The van der Waals surface area contributed by atoms with Gasteiger partial charge in [-0.05, 0) is 11.6 Å². The van der Waals surface area contributed by atoms with Crippen LogP contribution in [0.15, 0.2) is 18.2 Å². The van der Waals surface area contributed by atoms with E-state index in [1.165, 1.54) is 6.07 Å². The normalized spacial score (nSPS) is 19.1. The fourth-order valence-electron chi connectivity index (χ4n) is 1.90. The van der Waals surface area contributed by atoms with Crippen LogP contribution in [-0.2, 0) is 16.0 Å². The lowest BCUT2D eigenvalue weighted by molar-refractivity contribution is -0.387. The molecule has 0 aliphatic carbocycles. The maximum atomic E-state index is 13.4. The SMILES string of the molecule is O=C(Cc1ccc([N+](=O)[O-])c(F)c1)C1CNCCO1. The zero-order chi connectivity index (χ0) is 13.8. The highest BCUT2D eigenvalue weighted by atomic mass is 19.1. The van der Waals surface area contributed by atoms with Crippen molar-refractivity contribution in [1.29, 1.82) is 0 Å². The second-order valence-corrected chi connectivity index (χ2v) is 4.25. The Morgan fingerprint density at radius 2 is 2.37 bits per heavy atom. The smallest absolute Gasteiger partial charge is 0.304 e. The predicted octanol–water partition coefficient (Wildman–Crippen LogP) is 0.834. The van der Waals surface area contributed by atoms with Gasteiger partial charge in [-0.15, -0.1) is 0 Å². The standard InChI is InChI=1S/C12H13FN2O4/c13-9-5-8(1-2-10(9)15(17)18)6-11(16)12-7-14-3-4-19-12/h1-2,5,12,14H,3-4,6-7H2. The molecule has 0 saturated carbocycles. The van der Waals surface area contributed by atoms with Crippen molar-refractivity contribution >= 4 is 11.5 Å². The fourth-order valence-corrected chi connectivity index (χ4v) is 1.90. The molecule has 1 saturated heterocycles. The Balaban J connectivity index is 2.04. The van der Waals surface area contributed by atoms with Gasteiger partial charge in [0.2, 0.25) is 5.82 Å². The molecule has 1 unspecified atom stereocenters. The minimum absolute atomic E-state index is 0.00125. The van der Waals surface area contributed by atoms with E-state index in [0.29, 0.717) is 25.3 Å². The summed E-state index contributed by atoms with van der Waals surface area (Å²) < 4.78 is 18.7. The van der Waals surface area contributed by atoms with Crippen LogP contribution in [0.3, 0.4) is 0 Å². The molecule has 6 nitrogen and oxygen atoms in total. The number of morpholine rings is 1. The number of nitro benzene ring substituents is 1. The molecule has 1 atom stereocenters. The van der Waals surface area contributed by atoms with Gasteiger partial charge in [-0.25, -0.2) is 0 Å². The van der Waals surface area contributed by atoms with E-state index in [9.17, 15) is 19.3 Å². The van der Waals surface area contributed by atoms with Crippen molar-refractivity contribution in [3.05, 3.63) is 39.7 Å². The number of halogens is 1. The number of nitrogens with one attached hydrogen (secondary N) is 1. The first-order chi connectivity index (χ1) is 9.08. The first kappa shape index (κ1) is 13.6. The molecule has 2 rings (SSSR count). The summed E-state index contributed by atoms with van der Waals surface area (Å²) >= 11 is 0. The number of Topliss-reactive ketones (excluding diaryl/α,β-unsaturated/α-hetero) is 1. The van der Waals surface area contributed by atoms with E-state index in [2.05, 4.69) is 5.32 Å². The zero-order valence-corrected chi connectivity index (χ0v) is 10.1. The second kappa shape index (κ2) is 5.85. The van der Waals surface area contributed by atoms with Crippen LogP contribution in [0.5, 0.6) is 0 Å². The van der Waals surface area contributed by atoms with Crippen LogP contribution < -0.4 is 5.32 Å². The van der Waals surface area contributed by atoms with Gasteiger partial charge in [0.1, 0.15) is 6.10 Å². The first-order valence-corrected chi connectivity index (χ1v) is 5.86. The van der Waals surface area contributed by atoms with Gasteiger partial charge in [-0.2, -0.15) is 4.39 Å². The van der Waals surface area contributed by atoms with E-state index in [1.54, 1.807) is 0 Å². The molecule has 1 aromatic carbocycles. The number of nitrogens with zero attached hydrogens (tertiary/aromatic N) is 1. The number of ketones is 1. The third-order valence-corrected chi connectivity index (χ3v) is 2.87. The number of benzene rings is 1. The Morgan fingerprint density at radius 3 is 2.95 bits per heavy atom.